The first-order valence-electron chi connectivity index (χ1n) is 18.9. The first-order valence-corrected chi connectivity index (χ1v) is 21.2. The molecular formula is C44H36F2N8O5S2. The lowest BCUT2D eigenvalue weighted by molar-refractivity contribution is -0.141. The van der Waals surface area contributed by atoms with E-state index in [0.29, 0.717) is 50.5 Å². The lowest BCUT2D eigenvalue weighted by atomic mass is 9.96. The monoisotopic (exact) mass is 858 g/mol. The number of aromatic amines is 1. The number of hydrogen-bond donors (Lipinski definition) is 3. The van der Waals surface area contributed by atoms with Crippen LogP contribution in [0.1, 0.15) is 72.7 Å². The van der Waals surface area contributed by atoms with Crippen molar-refractivity contribution in [1.82, 2.24) is 25.1 Å². The van der Waals surface area contributed by atoms with E-state index in [1.165, 1.54) is 49.7 Å². The molecule has 308 valence electrons. The molecule has 4 aromatic carbocycles. The van der Waals surface area contributed by atoms with Gasteiger partial charge >= 0.3 is 5.97 Å². The summed E-state index contributed by atoms with van der Waals surface area (Å²) in [5.74, 6) is -2.72. The highest BCUT2D eigenvalue weighted by Crippen LogP contribution is 2.40. The van der Waals surface area contributed by atoms with E-state index in [0.717, 1.165) is 26.6 Å². The second kappa shape index (κ2) is 15.9. The number of hydrogen-bond acceptors (Lipinski definition) is 10. The standard InChI is InChI=1S/C44H36F2N8O5S2/c1-22-6-17-33(41-36(22)29(19-47)21-48-41)53-61(57,58)30-13-7-26(8-14-30)20-49-43(56)32-16-15-31(38(45)39(32)46)27-9-11-28(12-10-27)40-37-23(2)24(3)60-44(37)54-25(4)51-52-42(54)34(50-40)18-35(55)59-5/h6-17,21,34,48,53H,18,20H2,1-5H3,(H,49,56)/t34-/m0/s1. The number of H-pyrrole nitrogens is 1. The van der Waals surface area contributed by atoms with Gasteiger partial charge in [-0.15, -0.1) is 21.5 Å². The molecule has 1 aliphatic rings. The summed E-state index contributed by atoms with van der Waals surface area (Å²) in [6, 6.07) is 19.8. The zero-order valence-electron chi connectivity index (χ0n) is 33.3. The summed E-state index contributed by atoms with van der Waals surface area (Å²) < 4.78 is 67.2. The van der Waals surface area contributed by atoms with Gasteiger partial charge in [0, 0.05) is 39.7 Å². The minimum atomic E-state index is -4.04. The molecule has 0 unspecified atom stereocenters. The average molecular weight is 859 g/mol. The number of aromatic nitrogens is 4. The number of amides is 1. The predicted molar refractivity (Wildman–Crippen MR) is 226 cm³/mol. The number of nitriles is 1. The van der Waals surface area contributed by atoms with Crippen LogP contribution in [0.3, 0.4) is 0 Å². The van der Waals surface area contributed by atoms with Gasteiger partial charge in [-0.2, -0.15) is 5.26 Å². The van der Waals surface area contributed by atoms with Crippen LogP contribution < -0.4 is 10.0 Å². The molecule has 1 aliphatic heterocycles. The van der Waals surface area contributed by atoms with Gasteiger partial charge < -0.3 is 15.0 Å². The van der Waals surface area contributed by atoms with Crippen molar-refractivity contribution in [2.24, 2.45) is 4.99 Å². The number of carbonyl (C=O) groups is 2. The number of rotatable bonds is 10. The number of anilines is 1. The fourth-order valence-electron chi connectivity index (χ4n) is 7.38. The van der Waals surface area contributed by atoms with E-state index >= 15 is 8.78 Å². The molecule has 0 fully saturated rings. The van der Waals surface area contributed by atoms with Gasteiger partial charge in [0.1, 0.15) is 22.9 Å². The number of aliphatic imine (C=N–C) groups is 1. The summed E-state index contributed by atoms with van der Waals surface area (Å²) in [6.07, 6.45) is 1.45. The molecule has 0 saturated carbocycles. The molecule has 0 bridgehead atoms. The Hall–Kier alpha value is -7.03. The van der Waals surface area contributed by atoms with Crippen molar-refractivity contribution in [1.29, 1.82) is 5.26 Å². The summed E-state index contributed by atoms with van der Waals surface area (Å²) in [4.78, 5) is 34.6. The fourth-order valence-corrected chi connectivity index (χ4v) is 9.67. The maximum Gasteiger partial charge on any atom is 0.308 e. The Bertz CT molecular complexity index is 3110. The zero-order chi connectivity index (χ0) is 43.3. The van der Waals surface area contributed by atoms with Gasteiger partial charge in [-0.1, -0.05) is 48.5 Å². The van der Waals surface area contributed by atoms with Gasteiger partial charge in [-0.25, -0.2) is 17.2 Å². The van der Waals surface area contributed by atoms with E-state index in [2.05, 4.69) is 31.3 Å². The lowest BCUT2D eigenvalue weighted by Crippen LogP contribution is -2.24. The molecule has 4 heterocycles. The Morgan fingerprint density at radius 2 is 1.67 bits per heavy atom. The van der Waals surface area contributed by atoms with Crippen LogP contribution in [0.4, 0.5) is 14.5 Å². The molecule has 1 amide bonds. The highest BCUT2D eigenvalue weighted by molar-refractivity contribution is 7.92. The van der Waals surface area contributed by atoms with Gasteiger partial charge in [0.2, 0.25) is 0 Å². The molecule has 7 aromatic rings. The number of nitrogens with zero attached hydrogens (tertiary/aromatic N) is 5. The van der Waals surface area contributed by atoms with Crippen LogP contribution in [0, 0.1) is 50.7 Å². The number of carbonyl (C=O) groups excluding carboxylic acids is 2. The van der Waals surface area contributed by atoms with Crippen molar-refractivity contribution in [2.45, 2.75) is 51.6 Å². The third-order valence-electron chi connectivity index (χ3n) is 10.7. The number of fused-ring (bicyclic) bond motifs is 4. The van der Waals surface area contributed by atoms with Gasteiger partial charge in [-0.05, 0) is 74.2 Å². The van der Waals surface area contributed by atoms with Crippen molar-refractivity contribution in [2.75, 3.05) is 11.8 Å². The number of methoxy groups -OCH3 is 1. The first-order chi connectivity index (χ1) is 29.2. The van der Waals surface area contributed by atoms with E-state index < -0.39 is 45.1 Å². The molecule has 3 N–H and O–H groups in total. The Labute approximate surface area is 352 Å². The molecule has 0 spiro atoms. The normalized spacial score (nSPS) is 13.5. The number of sulfonamides is 1. The number of aryl methyl sites for hydroxylation is 3. The fraction of sp³-hybridized carbons (Fsp3) is 0.182. The maximum atomic E-state index is 15.7. The minimum Gasteiger partial charge on any atom is -0.469 e. The zero-order valence-corrected chi connectivity index (χ0v) is 35.0. The third-order valence-corrected chi connectivity index (χ3v) is 13.3. The van der Waals surface area contributed by atoms with Crippen molar-refractivity contribution in [3.63, 3.8) is 0 Å². The molecule has 61 heavy (non-hydrogen) atoms. The largest absolute Gasteiger partial charge is 0.469 e. The summed E-state index contributed by atoms with van der Waals surface area (Å²) >= 11 is 1.56. The quantitative estimate of drug-likeness (QED) is 0.115. The highest BCUT2D eigenvalue weighted by atomic mass is 32.2. The van der Waals surface area contributed by atoms with Crippen LogP contribution in [-0.4, -0.2) is 52.9 Å². The Morgan fingerprint density at radius 1 is 0.951 bits per heavy atom. The first kappa shape index (κ1) is 40.7. The second-order valence-corrected chi connectivity index (χ2v) is 17.4. The van der Waals surface area contributed by atoms with Crippen molar-refractivity contribution < 1.29 is 31.5 Å². The van der Waals surface area contributed by atoms with Crippen LogP contribution in [0.15, 0.2) is 88.9 Å². The number of esters is 1. The molecule has 0 saturated heterocycles. The van der Waals surface area contributed by atoms with Crippen molar-refractivity contribution in [3.8, 4) is 22.2 Å². The molecule has 17 heteroatoms. The van der Waals surface area contributed by atoms with Crippen LogP contribution in [-0.2, 0) is 26.1 Å². The van der Waals surface area contributed by atoms with E-state index in [1.807, 2.05) is 32.3 Å². The number of nitrogens with one attached hydrogen (secondary N) is 3. The van der Waals surface area contributed by atoms with Crippen molar-refractivity contribution >= 4 is 55.5 Å². The Morgan fingerprint density at radius 3 is 2.38 bits per heavy atom. The number of thiophene rings is 1. The average Bonchev–Trinajstić information content (AvgIpc) is 3.93. The topological polar surface area (TPSA) is 184 Å². The third kappa shape index (κ3) is 7.34. The minimum absolute atomic E-state index is 0.0492. The SMILES string of the molecule is COC(=O)C[C@@H]1N=C(c2ccc(-c3ccc(C(=O)NCc4ccc(S(=O)(=O)Nc5ccc(C)c6c(C#N)c[nH]c56)cc4)c(F)c3F)cc2)c2c(sc(C)c2C)-n2c(C)nnc21. The van der Waals surface area contributed by atoms with Gasteiger partial charge in [0.25, 0.3) is 15.9 Å². The number of halogens is 2. The van der Waals surface area contributed by atoms with E-state index in [-0.39, 0.29) is 29.1 Å². The molecule has 8 rings (SSSR count). The molecule has 1 atom stereocenters. The molecule has 13 nitrogen and oxygen atoms in total. The molecule has 3 aromatic heterocycles. The predicted octanol–water partition coefficient (Wildman–Crippen LogP) is 8.05. The van der Waals surface area contributed by atoms with E-state index in [4.69, 9.17) is 9.73 Å². The van der Waals surface area contributed by atoms with Gasteiger partial charge in [0.15, 0.2) is 17.5 Å². The molecule has 0 aliphatic carbocycles. The summed E-state index contributed by atoms with van der Waals surface area (Å²) in [5, 5.41) is 22.1. The second-order valence-electron chi connectivity index (χ2n) is 14.5. The number of ether oxygens (including phenoxy) is 1. The maximum absolute atomic E-state index is 15.7. The van der Waals surface area contributed by atoms with Crippen LogP contribution in [0.25, 0.3) is 27.0 Å². The Kier molecular flexibility index (Phi) is 10.6. The molecule has 0 radical (unpaired) electrons. The van der Waals surface area contributed by atoms with Gasteiger partial charge in [-0.3, -0.25) is 23.9 Å². The van der Waals surface area contributed by atoms with Crippen molar-refractivity contribution in [3.05, 3.63) is 146 Å². The Balaban J connectivity index is 0.983. The molecular weight excluding hydrogens is 823 g/mol. The van der Waals surface area contributed by atoms with Crippen LogP contribution in [0.2, 0.25) is 0 Å². The summed E-state index contributed by atoms with van der Waals surface area (Å²) in [7, 11) is -2.73. The summed E-state index contributed by atoms with van der Waals surface area (Å²) in [5.41, 5.74) is 5.39. The van der Waals surface area contributed by atoms with Crippen LogP contribution in [0.5, 0.6) is 0 Å². The summed E-state index contributed by atoms with van der Waals surface area (Å²) in [6.45, 7) is 7.56. The highest BCUT2D eigenvalue weighted by Gasteiger charge is 2.33. The van der Waals surface area contributed by atoms with E-state index in [9.17, 15) is 23.3 Å². The van der Waals surface area contributed by atoms with Crippen LogP contribution >= 0.6 is 11.3 Å². The van der Waals surface area contributed by atoms with Gasteiger partial charge in [0.05, 0.1) is 46.5 Å². The van der Waals surface area contributed by atoms with E-state index in [1.54, 1.807) is 47.7 Å². The number of benzene rings is 4. The lowest BCUT2D eigenvalue weighted by Gasteiger charge is -2.13. The smallest absolute Gasteiger partial charge is 0.308 e.